The topological polar surface area (TPSA) is 55.6 Å². The Morgan fingerprint density at radius 1 is 1.39 bits per heavy atom. The van der Waals surface area contributed by atoms with Gasteiger partial charge in [0.2, 0.25) is 0 Å². The summed E-state index contributed by atoms with van der Waals surface area (Å²) in [5.74, 6) is 0.952. The van der Waals surface area contributed by atoms with Crippen LogP contribution in [0.2, 0.25) is 5.02 Å². The molecular weight excluding hydrogens is 250 g/mol. The fourth-order valence-corrected chi connectivity index (χ4v) is 1.95. The molecule has 0 aromatic carbocycles. The number of aryl methyl sites for hydroxylation is 1. The van der Waals surface area contributed by atoms with Crippen molar-refractivity contribution in [2.45, 2.75) is 25.9 Å². The molecule has 0 bridgehead atoms. The number of nitrogens with zero attached hydrogens (tertiary/aromatic N) is 4. The third kappa shape index (κ3) is 2.86. The molecule has 0 aliphatic heterocycles. The van der Waals surface area contributed by atoms with Crippen molar-refractivity contribution in [3.05, 3.63) is 41.2 Å². The summed E-state index contributed by atoms with van der Waals surface area (Å²) in [7, 11) is 1.91. The molecule has 96 valence electrons. The fourth-order valence-electron chi connectivity index (χ4n) is 1.84. The molecule has 0 amide bonds. The zero-order valence-electron chi connectivity index (χ0n) is 10.5. The van der Waals surface area contributed by atoms with E-state index in [-0.39, 0.29) is 6.04 Å². The van der Waals surface area contributed by atoms with Gasteiger partial charge in [-0.3, -0.25) is 9.67 Å². The molecule has 2 aromatic rings. The molecule has 6 heteroatoms. The summed E-state index contributed by atoms with van der Waals surface area (Å²) in [5.41, 5.74) is 0.951. The Balaban J connectivity index is 2.17. The van der Waals surface area contributed by atoms with E-state index in [0.717, 1.165) is 24.5 Å². The van der Waals surface area contributed by atoms with Gasteiger partial charge in [0.25, 0.3) is 0 Å². The van der Waals surface area contributed by atoms with Crippen LogP contribution in [0.5, 0.6) is 0 Å². The van der Waals surface area contributed by atoms with Crippen LogP contribution in [0.3, 0.4) is 0 Å². The lowest BCUT2D eigenvalue weighted by Gasteiger charge is -2.15. The second-order valence-corrected chi connectivity index (χ2v) is 4.38. The van der Waals surface area contributed by atoms with Crippen molar-refractivity contribution < 1.29 is 0 Å². The van der Waals surface area contributed by atoms with Crippen molar-refractivity contribution in [1.82, 2.24) is 25.1 Å². The first-order valence-electron chi connectivity index (χ1n) is 5.90. The van der Waals surface area contributed by atoms with Crippen LogP contribution in [-0.2, 0) is 13.0 Å². The predicted molar refractivity (Wildman–Crippen MR) is 70.4 cm³/mol. The first kappa shape index (κ1) is 13.0. The van der Waals surface area contributed by atoms with Crippen molar-refractivity contribution in [2.24, 2.45) is 0 Å². The number of likely N-dealkylation sites (N-methyl/N-ethyl adjacent to an activating group) is 1. The largest absolute Gasteiger partial charge is 0.311 e. The summed E-state index contributed by atoms with van der Waals surface area (Å²) in [6.07, 6.45) is 3.99. The van der Waals surface area contributed by atoms with Gasteiger partial charge >= 0.3 is 0 Å². The monoisotopic (exact) mass is 265 g/mol. The van der Waals surface area contributed by atoms with E-state index in [1.807, 2.05) is 30.8 Å². The van der Waals surface area contributed by atoms with Crippen molar-refractivity contribution in [3.63, 3.8) is 0 Å². The molecule has 0 radical (unpaired) electrons. The van der Waals surface area contributed by atoms with Crippen molar-refractivity contribution in [3.8, 4) is 0 Å². The van der Waals surface area contributed by atoms with Gasteiger partial charge in [-0.2, -0.15) is 5.10 Å². The SMILES string of the molecule is CCn1ncnc1CC(NC)c1ccc(Cl)cn1. The molecule has 0 saturated heterocycles. The van der Waals surface area contributed by atoms with E-state index < -0.39 is 0 Å². The average Bonchev–Trinajstić information content (AvgIpc) is 2.84. The smallest absolute Gasteiger partial charge is 0.138 e. The summed E-state index contributed by atoms with van der Waals surface area (Å²) >= 11 is 5.84. The van der Waals surface area contributed by atoms with Crippen LogP contribution >= 0.6 is 11.6 Å². The first-order valence-corrected chi connectivity index (χ1v) is 6.27. The van der Waals surface area contributed by atoms with E-state index >= 15 is 0 Å². The highest BCUT2D eigenvalue weighted by atomic mass is 35.5. The lowest BCUT2D eigenvalue weighted by atomic mass is 10.1. The van der Waals surface area contributed by atoms with E-state index in [1.54, 1.807) is 12.5 Å². The van der Waals surface area contributed by atoms with Crippen LogP contribution in [0, 0.1) is 0 Å². The molecular formula is C12H16ClN5. The standard InChI is InChI=1S/C12H16ClN5/c1-3-18-12(16-8-17-18)6-11(14-2)10-5-4-9(13)7-15-10/h4-5,7-8,11,14H,3,6H2,1-2H3. The van der Waals surface area contributed by atoms with E-state index in [9.17, 15) is 0 Å². The normalized spacial score (nSPS) is 12.6. The highest BCUT2D eigenvalue weighted by Crippen LogP contribution is 2.16. The van der Waals surface area contributed by atoms with Gasteiger partial charge in [0.15, 0.2) is 0 Å². The van der Waals surface area contributed by atoms with Crippen LogP contribution < -0.4 is 5.32 Å². The summed E-state index contributed by atoms with van der Waals surface area (Å²) in [6.45, 7) is 2.87. The fraction of sp³-hybridized carbons (Fsp3) is 0.417. The number of rotatable bonds is 5. The van der Waals surface area contributed by atoms with Gasteiger partial charge in [-0.05, 0) is 26.1 Å². The number of pyridine rings is 1. The molecule has 0 aliphatic rings. The Kier molecular flexibility index (Phi) is 4.28. The van der Waals surface area contributed by atoms with Gasteiger partial charge in [0.05, 0.1) is 16.8 Å². The molecule has 1 unspecified atom stereocenters. The Morgan fingerprint density at radius 3 is 2.83 bits per heavy atom. The molecule has 0 spiro atoms. The molecule has 2 rings (SSSR count). The molecule has 5 nitrogen and oxygen atoms in total. The second kappa shape index (κ2) is 5.93. The molecule has 0 fully saturated rings. The van der Waals surface area contributed by atoms with Gasteiger partial charge in [-0.15, -0.1) is 0 Å². The van der Waals surface area contributed by atoms with Crippen LogP contribution in [0.25, 0.3) is 0 Å². The molecule has 0 saturated carbocycles. The third-order valence-electron chi connectivity index (χ3n) is 2.84. The number of aromatic nitrogens is 4. The average molecular weight is 266 g/mol. The summed E-state index contributed by atoms with van der Waals surface area (Å²) in [6, 6.07) is 3.88. The maximum Gasteiger partial charge on any atom is 0.138 e. The number of hydrogen-bond donors (Lipinski definition) is 1. The number of nitrogens with one attached hydrogen (secondary N) is 1. The maximum absolute atomic E-state index is 5.84. The van der Waals surface area contributed by atoms with Gasteiger partial charge < -0.3 is 5.32 Å². The third-order valence-corrected chi connectivity index (χ3v) is 3.06. The highest BCUT2D eigenvalue weighted by Gasteiger charge is 2.14. The Morgan fingerprint density at radius 2 is 2.22 bits per heavy atom. The number of hydrogen-bond acceptors (Lipinski definition) is 4. The Bertz CT molecular complexity index is 493. The van der Waals surface area contributed by atoms with Crippen LogP contribution in [0.1, 0.15) is 24.5 Å². The van der Waals surface area contributed by atoms with Crippen molar-refractivity contribution >= 4 is 11.6 Å². The zero-order valence-corrected chi connectivity index (χ0v) is 11.2. The van der Waals surface area contributed by atoms with Gasteiger partial charge in [0.1, 0.15) is 12.2 Å². The van der Waals surface area contributed by atoms with Crippen LogP contribution in [-0.4, -0.2) is 26.8 Å². The van der Waals surface area contributed by atoms with Gasteiger partial charge in [-0.25, -0.2) is 4.98 Å². The first-order chi connectivity index (χ1) is 8.74. The van der Waals surface area contributed by atoms with E-state index in [0.29, 0.717) is 5.02 Å². The predicted octanol–water partition coefficient (Wildman–Crippen LogP) is 1.85. The Labute approximate surface area is 111 Å². The molecule has 2 aromatic heterocycles. The van der Waals surface area contributed by atoms with Gasteiger partial charge in [0, 0.05) is 19.2 Å². The minimum absolute atomic E-state index is 0.108. The van der Waals surface area contributed by atoms with Crippen molar-refractivity contribution in [1.29, 1.82) is 0 Å². The van der Waals surface area contributed by atoms with Crippen LogP contribution in [0.15, 0.2) is 24.7 Å². The lowest BCUT2D eigenvalue weighted by Crippen LogP contribution is -2.22. The molecule has 1 atom stereocenters. The minimum atomic E-state index is 0.108. The second-order valence-electron chi connectivity index (χ2n) is 3.94. The molecule has 18 heavy (non-hydrogen) atoms. The zero-order chi connectivity index (χ0) is 13.0. The molecule has 0 aliphatic carbocycles. The maximum atomic E-state index is 5.84. The van der Waals surface area contributed by atoms with E-state index in [4.69, 9.17) is 11.6 Å². The van der Waals surface area contributed by atoms with Crippen LogP contribution in [0.4, 0.5) is 0 Å². The molecule has 1 N–H and O–H groups in total. The van der Waals surface area contributed by atoms with Crippen molar-refractivity contribution in [2.75, 3.05) is 7.05 Å². The highest BCUT2D eigenvalue weighted by molar-refractivity contribution is 6.30. The quantitative estimate of drug-likeness (QED) is 0.896. The minimum Gasteiger partial charge on any atom is -0.311 e. The molecule has 2 heterocycles. The van der Waals surface area contributed by atoms with E-state index in [1.165, 1.54) is 0 Å². The summed E-state index contributed by atoms with van der Waals surface area (Å²) in [5, 5.41) is 8.05. The number of halogens is 1. The Hall–Kier alpha value is -1.46. The van der Waals surface area contributed by atoms with Gasteiger partial charge in [-0.1, -0.05) is 11.6 Å². The summed E-state index contributed by atoms with van der Waals surface area (Å²) in [4.78, 5) is 8.61. The summed E-state index contributed by atoms with van der Waals surface area (Å²) < 4.78 is 1.89. The van der Waals surface area contributed by atoms with E-state index in [2.05, 4.69) is 20.4 Å². The lowest BCUT2D eigenvalue weighted by molar-refractivity contribution is 0.524.